The number of benzene rings is 1. The summed E-state index contributed by atoms with van der Waals surface area (Å²) in [5.41, 5.74) is 2.71. The molecule has 1 fully saturated rings. The number of aromatic nitrogens is 2. The van der Waals surface area contributed by atoms with Crippen molar-refractivity contribution in [3.8, 4) is 0 Å². The zero-order valence-electron chi connectivity index (χ0n) is 13.8. The van der Waals surface area contributed by atoms with E-state index in [1.165, 1.54) is 0 Å². The molecule has 0 N–H and O–H groups in total. The summed E-state index contributed by atoms with van der Waals surface area (Å²) >= 11 is 12.2. The van der Waals surface area contributed by atoms with Crippen LogP contribution in [0.5, 0.6) is 0 Å². The number of piperazine rings is 1. The van der Waals surface area contributed by atoms with E-state index in [2.05, 4.69) is 10.00 Å². The Morgan fingerprint density at radius 3 is 2.29 bits per heavy atom. The summed E-state index contributed by atoms with van der Waals surface area (Å²) in [6, 6.07) is 7.04. The van der Waals surface area contributed by atoms with Crippen molar-refractivity contribution in [1.82, 2.24) is 19.6 Å². The molecule has 0 spiro atoms. The Kier molecular flexibility index (Phi) is 5.13. The van der Waals surface area contributed by atoms with E-state index in [9.17, 15) is 4.79 Å². The van der Waals surface area contributed by atoms with Gasteiger partial charge in [-0.3, -0.25) is 14.4 Å². The molecule has 1 aromatic heterocycles. The standard InChI is InChI=1S/C17H20Cl2N4O/c1-12-15(16(19)21(2)20-12)11-22-7-9-23(10-8-22)17(24)13-3-5-14(18)6-4-13/h3-6H,7-11H2,1-2H3. The summed E-state index contributed by atoms with van der Waals surface area (Å²) in [7, 11) is 1.85. The van der Waals surface area contributed by atoms with Gasteiger partial charge in [0, 0.05) is 55.9 Å². The average molecular weight is 367 g/mol. The number of nitrogens with zero attached hydrogens (tertiary/aromatic N) is 4. The highest BCUT2D eigenvalue weighted by atomic mass is 35.5. The molecule has 0 unspecified atom stereocenters. The number of aryl methyl sites for hydroxylation is 2. The van der Waals surface area contributed by atoms with Crippen molar-refractivity contribution in [2.45, 2.75) is 13.5 Å². The fraction of sp³-hybridized carbons (Fsp3) is 0.412. The number of rotatable bonds is 3. The third-order valence-corrected chi connectivity index (χ3v) is 5.13. The van der Waals surface area contributed by atoms with Crippen LogP contribution < -0.4 is 0 Å². The summed E-state index contributed by atoms with van der Waals surface area (Å²) in [5, 5.41) is 5.67. The van der Waals surface area contributed by atoms with Gasteiger partial charge in [0.1, 0.15) is 5.15 Å². The highest BCUT2D eigenvalue weighted by Crippen LogP contribution is 2.21. The maximum absolute atomic E-state index is 12.5. The van der Waals surface area contributed by atoms with Crippen molar-refractivity contribution in [2.24, 2.45) is 7.05 Å². The van der Waals surface area contributed by atoms with E-state index < -0.39 is 0 Å². The largest absolute Gasteiger partial charge is 0.336 e. The van der Waals surface area contributed by atoms with Crippen LogP contribution in [0.3, 0.4) is 0 Å². The summed E-state index contributed by atoms with van der Waals surface area (Å²) < 4.78 is 1.70. The second-order valence-electron chi connectivity index (χ2n) is 6.05. The maximum atomic E-state index is 12.5. The normalized spacial score (nSPS) is 15.8. The quantitative estimate of drug-likeness (QED) is 0.838. The molecule has 1 amide bonds. The summed E-state index contributed by atoms with van der Waals surface area (Å²) in [6.45, 7) is 5.80. The maximum Gasteiger partial charge on any atom is 0.253 e. The lowest BCUT2D eigenvalue weighted by Gasteiger charge is -2.34. The van der Waals surface area contributed by atoms with Crippen LogP contribution in [0.4, 0.5) is 0 Å². The first-order valence-electron chi connectivity index (χ1n) is 7.91. The molecular formula is C17H20Cl2N4O. The summed E-state index contributed by atoms with van der Waals surface area (Å²) in [6.07, 6.45) is 0. The van der Waals surface area contributed by atoms with Crippen LogP contribution in [0, 0.1) is 6.92 Å². The molecule has 0 saturated carbocycles. The molecular weight excluding hydrogens is 347 g/mol. The fourth-order valence-corrected chi connectivity index (χ4v) is 3.32. The first-order chi connectivity index (χ1) is 11.5. The molecule has 5 nitrogen and oxygen atoms in total. The Labute approximate surface area is 151 Å². The predicted molar refractivity (Wildman–Crippen MR) is 95.6 cm³/mol. The smallest absolute Gasteiger partial charge is 0.253 e. The molecule has 24 heavy (non-hydrogen) atoms. The van der Waals surface area contributed by atoms with Crippen molar-refractivity contribution >= 4 is 29.1 Å². The van der Waals surface area contributed by atoms with E-state index in [4.69, 9.17) is 23.2 Å². The Balaban J connectivity index is 1.59. The van der Waals surface area contributed by atoms with Crippen molar-refractivity contribution < 1.29 is 4.79 Å². The van der Waals surface area contributed by atoms with Gasteiger partial charge in [-0.1, -0.05) is 23.2 Å². The molecule has 1 aliphatic heterocycles. The second-order valence-corrected chi connectivity index (χ2v) is 6.85. The minimum Gasteiger partial charge on any atom is -0.336 e. The monoisotopic (exact) mass is 366 g/mol. The van der Waals surface area contributed by atoms with Gasteiger partial charge >= 0.3 is 0 Å². The molecule has 2 aromatic rings. The average Bonchev–Trinajstić information content (AvgIpc) is 2.82. The van der Waals surface area contributed by atoms with Gasteiger partial charge < -0.3 is 4.90 Å². The molecule has 0 radical (unpaired) electrons. The Morgan fingerprint density at radius 2 is 1.75 bits per heavy atom. The number of halogens is 2. The lowest BCUT2D eigenvalue weighted by atomic mass is 10.1. The van der Waals surface area contributed by atoms with Gasteiger partial charge in [-0.25, -0.2) is 0 Å². The minimum atomic E-state index is 0.0573. The van der Waals surface area contributed by atoms with Gasteiger partial charge in [0.25, 0.3) is 5.91 Å². The zero-order chi connectivity index (χ0) is 17.3. The van der Waals surface area contributed by atoms with Gasteiger partial charge in [-0.05, 0) is 31.2 Å². The molecule has 7 heteroatoms. The Bertz CT molecular complexity index is 734. The van der Waals surface area contributed by atoms with E-state index in [0.717, 1.165) is 30.9 Å². The highest BCUT2D eigenvalue weighted by Gasteiger charge is 2.23. The number of hydrogen-bond donors (Lipinski definition) is 0. The molecule has 2 heterocycles. The molecule has 0 atom stereocenters. The topological polar surface area (TPSA) is 41.4 Å². The van der Waals surface area contributed by atoms with Crippen LogP contribution in [-0.2, 0) is 13.6 Å². The van der Waals surface area contributed by atoms with Crippen molar-refractivity contribution in [2.75, 3.05) is 26.2 Å². The van der Waals surface area contributed by atoms with Crippen LogP contribution in [-0.4, -0.2) is 51.7 Å². The Morgan fingerprint density at radius 1 is 1.12 bits per heavy atom. The number of carbonyl (C=O) groups excluding carboxylic acids is 1. The lowest BCUT2D eigenvalue weighted by molar-refractivity contribution is 0.0628. The number of hydrogen-bond acceptors (Lipinski definition) is 3. The van der Waals surface area contributed by atoms with Gasteiger partial charge in [0.05, 0.1) is 5.69 Å². The van der Waals surface area contributed by atoms with Gasteiger partial charge in [0.2, 0.25) is 0 Å². The first-order valence-corrected chi connectivity index (χ1v) is 8.66. The highest BCUT2D eigenvalue weighted by molar-refractivity contribution is 6.30. The molecule has 0 bridgehead atoms. The van der Waals surface area contributed by atoms with Crippen molar-refractivity contribution in [1.29, 1.82) is 0 Å². The Hall–Kier alpha value is -1.56. The third-order valence-electron chi connectivity index (χ3n) is 4.40. The number of amides is 1. The first kappa shape index (κ1) is 17.3. The second kappa shape index (κ2) is 7.13. The van der Waals surface area contributed by atoms with Gasteiger partial charge in [-0.15, -0.1) is 0 Å². The molecule has 128 valence electrons. The SMILES string of the molecule is Cc1nn(C)c(Cl)c1CN1CCN(C(=O)c2ccc(Cl)cc2)CC1. The molecule has 1 saturated heterocycles. The van der Waals surface area contributed by atoms with Crippen LogP contribution in [0.15, 0.2) is 24.3 Å². The molecule has 1 aliphatic rings. The van der Waals surface area contributed by atoms with E-state index in [-0.39, 0.29) is 5.91 Å². The molecule has 1 aromatic carbocycles. The zero-order valence-corrected chi connectivity index (χ0v) is 15.3. The van der Waals surface area contributed by atoms with Crippen LogP contribution in [0.1, 0.15) is 21.6 Å². The van der Waals surface area contributed by atoms with Crippen LogP contribution >= 0.6 is 23.2 Å². The van der Waals surface area contributed by atoms with E-state index in [1.807, 2.05) is 18.9 Å². The van der Waals surface area contributed by atoms with E-state index >= 15 is 0 Å². The van der Waals surface area contributed by atoms with Crippen LogP contribution in [0.25, 0.3) is 0 Å². The minimum absolute atomic E-state index is 0.0573. The summed E-state index contributed by atoms with van der Waals surface area (Å²) in [5.74, 6) is 0.0573. The lowest BCUT2D eigenvalue weighted by Crippen LogP contribution is -2.48. The number of carbonyl (C=O) groups is 1. The van der Waals surface area contributed by atoms with Crippen molar-refractivity contribution in [3.05, 3.63) is 51.3 Å². The van der Waals surface area contributed by atoms with Crippen molar-refractivity contribution in [3.63, 3.8) is 0 Å². The van der Waals surface area contributed by atoms with E-state index in [0.29, 0.717) is 28.8 Å². The molecule has 3 rings (SSSR count). The predicted octanol–water partition coefficient (Wildman–Crippen LogP) is 2.99. The summed E-state index contributed by atoms with van der Waals surface area (Å²) in [4.78, 5) is 16.7. The van der Waals surface area contributed by atoms with Gasteiger partial charge in [0.15, 0.2) is 0 Å². The third kappa shape index (κ3) is 3.58. The fourth-order valence-electron chi connectivity index (χ4n) is 2.96. The van der Waals surface area contributed by atoms with Crippen LogP contribution in [0.2, 0.25) is 10.2 Å². The molecule has 0 aliphatic carbocycles. The van der Waals surface area contributed by atoms with Gasteiger partial charge in [-0.2, -0.15) is 5.10 Å². The van der Waals surface area contributed by atoms with E-state index in [1.54, 1.807) is 28.9 Å².